The molecule has 2 aromatic rings. The number of pyridine rings is 1. The lowest BCUT2D eigenvalue weighted by Crippen LogP contribution is -2.51. The first-order chi connectivity index (χ1) is 13.7. The van der Waals surface area contributed by atoms with Gasteiger partial charge in [0, 0.05) is 50.3 Å². The summed E-state index contributed by atoms with van der Waals surface area (Å²) in [7, 11) is 0. The zero-order valence-corrected chi connectivity index (χ0v) is 19.5. The Morgan fingerprint density at radius 3 is 2.97 bits per heavy atom. The maximum absolute atomic E-state index is 13.6. The number of benzene rings is 1. The second kappa shape index (κ2) is 11.9. The largest absolute Gasteiger partial charge is 0.369 e. The molecule has 0 saturated carbocycles. The normalized spacial score (nSPS) is 16.9. The number of anilines is 1. The second-order valence-electron chi connectivity index (χ2n) is 7.22. The van der Waals surface area contributed by atoms with Gasteiger partial charge in [0.1, 0.15) is 5.82 Å². The molecule has 158 valence electrons. The predicted molar refractivity (Wildman–Crippen MR) is 129 cm³/mol. The number of guanidine groups is 1. The maximum Gasteiger partial charge on any atom is 0.191 e. The Kier molecular flexibility index (Phi) is 9.63. The van der Waals surface area contributed by atoms with Crippen LogP contribution in [0.3, 0.4) is 0 Å². The fourth-order valence-corrected chi connectivity index (χ4v) is 3.59. The van der Waals surface area contributed by atoms with E-state index >= 15 is 0 Å². The van der Waals surface area contributed by atoms with Crippen molar-refractivity contribution in [3.8, 4) is 0 Å². The molecule has 0 amide bonds. The van der Waals surface area contributed by atoms with E-state index in [0.717, 1.165) is 57.1 Å². The van der Waals surface area contributed by atoms with Crippen LogP contribution in [0.2, 0.25) is 0 Å². The van der Waals surface area contributed by atoms with Gasteiger partial charge in [0.15, 0.2) is 5.96 Å². The van der Waals surface area contributed by atoms with Crippen molar-refractivity contribution in [3.63, 3.8) is 0 Å². The van der Waals surface area contributed by atoms with Crippen molar-refractivity contribution in [2.75, 3.05) is 31.1 Å². The van der Waals surface area contributed by atoms with E-state index in [1.54, 1.807) is 12.1 Å². The number of rotatable bonds is 6. The van der Waals surface area contributed by atoms with Gasteiger partial charge in [-0.1, -0.05) is 6.07 Å². The number of hydrogen-bond acceptors (Lipinski definition) is 3. The molecule has 1 saturated heterocycles. The Morgan fingerprint density at radius 1 is 1.34 bits per heavy atom. The molecule has 0 radical (unpaired) electrons. The fourth-order valence-electron chi connectivity index (χ4n) is 3.59. The van der Waals surface area contributed by atoms with Gasteiger partial charge in [0.25, 0.3) is 0 Å². The minimum atomic E-state index is -0.186. The molecular weight excluding hydrogens is 480 g/mol. The third-order valence-electron chi connectivity index (χ3n) is 5.07. The molecule has 1 aliphatic heterocycles. The van der Waals surface area contributed by atoms with E-state index in [1.807, 2.05) is 18.5 Å². The van der Waals surface area contributed by atoms with Crippen molar-refractivity contribution in [1.82, 2.24) is 15.6 Å². The van der Waals surface area contributed by atoms with E-state index in [4.69, 9.17) is 4.99 Å². The molecule has 2 heterocycles. The molecule has 1 fully saturated rings. The highest BCUT2D eigenvalue weighted by Crippen LogP contribution is 2.20. The van der Waals surface area contributed by atoms with Crippen molar-refractivity contribution in [3.05, 3.63) is 59.7 Å². The van der Waals surface area contributed by atoms with Crippen LogP contribution < -0.4 is 15.5 Å². The second-order valence-corrected chi connectivity index (χ2v) is 7.22. The van der Waals surface area contributed by atoms with Crippen molar-refractivity contribution in [2.24, 2.45) is 4.99 Å². The highest BCUT2D eigenvalue weighted by Gasteiger charge is 2.21. The SMILES string of the molecule is CCNC(=NCCc1ccncc1C)NC1CCCN(c2cccc(F)c2)C1.I. The summed E-state index contributed by atoms with van der Waals surface area (Å²) in [5, 5.41) is 6.91. The molecule has 2 N–H and O–H groups in total. The zero-order valence-electron chi connectivity index (χ0n) is 17.2. The summed E-state index contributed by atoms with van der Waals surface area (Å²) < 4.78 is 13.6. The van der Waals surface area contributed by atoms with Crippen LogP contribution in [0.15, 0.2) is 47.7 Å². The first-order valence-corrected chi connectivity index (χ1v) is 10.1. The molecule has 0 aliphatic carbocycles. The highest BCUT2D eigenvalue weighted by molar-refractivity contribution is 14.0. The molecule has 29 heavy (non-hydrogen) atoms. The summed E-state index contributed by atoms with van der Waals surface area (Å²) in [4.78, 5) is 11.1. The summed E-state index contributed by atoms with van der Waals surface area (Å²) >= 11 is 0. The van der Waals surface area contributed by atoms with Gasteiger partial charge >= 0.3 is 0 Å². The smallest absolute Gasteiger partial charge is 0.191 e. The summed E-state index contributed by atoms with van der Waals surface area (Å²) in [6.45, 7) is 7.50. The van der Waals surface area contributed by atoms with E-state index in [0.29, 0.717) is 0 Å². The summed E-state index contributed by atoms with van der Waals surface area (Å²) in [6, 6.07) is 9.19. The zero-order chi connectivity index (χ0) is 19.8. The Bertz CT molecular complexity index is 798. The highest BCUT2D eigenvalue weighted by atomic mass is 127. The van der Waals surface area contributed by atoms with Gasteiger partial charge in [-0.05, 0) is 68.5 Å². The van der Waals surface area contributed by atoms with E-state index in [2.05, 4.69) is 40.4 Å². The predicted octanol–water partition coefficient (Wildman–Crippen LogP) is 3.91. The first kappa shape index (κ1) is 23.4. The minimum absolute atomic E-state index is 0. The molecule has 5 nitrogen and oxygen atoms in total. The van der Waals surface area contributed by atoms with Crippen LogP contribution in [0, 0.1) is 12.7 Å². The van der Waals surface area contributed by atoms with Crippen molar-refractivity contribution in [2.45, 2.75) is 39.2 Å². The Balaban J connectivity index is 0.00000300. The fraction of sp³-hybridized carbons (Fsp3) is 0.455. The van der Waals surface area contributed by atoms with Gasteiger partial charge in [-0.15, -0.1) is 24.0 Å². The Hall–Kier alpha value is -1.90. The summed E-state index contributed by atoms with van der Waals surface area (Å²) in [6.07, 6.45) is 6.78. The average molecular weight is 511 g/mol. The molecule has 1 atom stereocenters. The molecule has 1 aliphatic rings. The lowest BCUT2D eigenvalue weighted by Gasteiger charge is -2.35. The number of hydrogen-bond donors (Lipinski definition) is 2. The Morgan fingerprint density at radius 2 is 2.21 bits per heavy atom. The maximum atomic E-state index is 13.6. The summed E-state index contributed by atoms with van der Waals surface area (Å²) in [5.74, 6) is 0.661. The van der Waals surface area contributed by atoms with E-state index in [9.17, 15) is 4.39 Å². The molecule has 1 unspecified atom stereocenters. The third-order valence-corrected chi connectivity index (χ3v) is 5.07. The molecule has 1 aromatic heterocycles. The van der Waals surface area contributed by atoms with Crippen LogP contribution in [-0.4, -0.2) is 43.2 Å². The lowest BCUT2D eigenvalue weighted by atomic mass is 10.0. The number of aromatic nitrogens is 1. The van der Waals surface area contributed by atoms with Gasteiger partial charge in [0.2, 0.25) is 0 Å². The van der Waals surface area contributed by atoms with Gasteiger partial charge < -0.3 is 15.5 Å². The molecule has 1 aromatic carbocycles. The molecule has 7 heteroatoms. The topological polar surface area (TPSA) is 52.6 Å². The van der Waals surface area contributed by atoms with Gasteiger partial charge in [-0.25, -0.2) is 4.39 Å². The standard InChI is InChI=1S/C22H30FN5.HI/c1-3-25-22(26-12-10-18-9-11-24-15-17(18)2)27-20-7-5-13-28(16-20)21-8-4-6-19(23)14-21;/h4,6,8-9,11,14-15,20H,3,5,7,10,12-13,16H2,1-2H3,(H2,25,26,27);1H. The number of piperidine rings is 1. The van der Waals surface area contributed by atoms with Gasteiger partial charge in [-0.2, -0.15) is 0 Å². The molecule has 0 spiro atoms. The molecular formula is C22H31FIN5. The third kappa shape index (κ3) is 7.13. The van der Waals surface area contributed by atoms with E-state index in [1.165, 1.54) is 17.2 Å². The van der Waals surface area contributed by atoms with Crippen LogP contribution >= 0.6 is 24.0 Å². The average Bonchev–Trinajstić information content (AvgIpc) is 2.70. The quantitative estimate of drug-likeness (QED) is 0.351. The van der Waals surface area contributed by atoms with Crippen LogP contribution in [0.4, 0.5) is 10.1 Å². The van der Waals surface area contributed by atoms with Crippen LogP contribution in [0.5, 0.6) is 0 Å². The van der Waals surface area contributed by atoms with E-state index in [-0.39, 0.29) is 35.8 Å². The molecule has 0 bridgehead atoms. The number of nitrogens with zero attached hydrogens (tertiary/aromatic N) is 3. The first-order valence-electron chi connectivity index (χ1n) is 10.1. The monoisotopic (exact) mass is 511 g/mol. The van der Waals surface area contributed by atoms with Crippen LogP contribution in [0.1, 0.15) is 30.9 Å². The summed E-state index contributed by atoms with van der Waals surface area (Å²) in [5.41, 5.74) is 3.43. The van der Waals surface area contributed by atoms with E-state index < -0.39 is 0 Å². The van der Waals surface area contributed by atoms with Crippen molar-refractivity contribution >= 4 is 35.6 Å². The van der Waals surface area contributed by atoms with Crippen LogP contribution in [-0.2, 0) is 6.42 Å². The lowest BCUT2D eigenvalue weighted by molar-refractivity contribution is 0.467. The van der Waals surface area contributed by atoms with Crippen molar-refractivity contribution < 1.29 is 4.39 Å². The number of nitrogens with one attached hydrogen (secondary N) is 2. The van der Waals surface area contributed by atoms with Crippen LogP contribution in [0.25, 0.3) is 0 Å². The number of halogens is 2. The Labute approximate surface area is 190 Å². The van der Waals surface area contributed by atoms with Gasteiger partial charge in [0.05, 0.1) is 0 Å². The van der Waals surface area contributed by atoms with Crippen molar-refractivity contribution in [1.29, 1.82) is 0 Å². The minimum Gasteiger partial charge on any atom is -0.369 e. The number of aryl methyl sites for hydroxylation is 1. The molecule has 3 rings (SSSR count). The van der Waals surface area contributed by atoms with Gasteiger partial charge in [-0.3, -0.25) is 9.98 Å². The number of aliphatic imine (C=N–C) groups is 1.